The van der Waals surface area contributed by atoms with Crippen LogP contribution in [0.2, 0.25) is 0 Å². The van der Waals surface area contributed by atoms with Gasteiger partial charge in [-0.15, -0.1) is 0 Å². The van der Waals surface area contributed by atoms with Crippen molar-refractivity contribution in [2.24, 2.45) is 0 Å². The third kappa shape index (κ3) is 6.87. The summed E-state index contributed by atoms with van der Waals surface area (Å²) in [6.45, 7) is 14.8. The number of rotatable bonds is 10. The predicted octanol–water partition coefficient (Wildman–Crippen LogP) is 8.42. The van der Waals surface area contributed by atoms with Crippen molar-refractivity contribution < 1.29 is 19.1 Å². The van der Waals surface area contributed by atoms with E-state index in [4.69, 9.17) is 9.59 Å². The van der Waals surface area contributed by atoms with Gasteiger partial charge in [0.05, 0.1) is 5.60 Å². The fraction of sp³-hybridized carbons (Fsp3) is 0.441. The van der Waals surface area contributed by atoms with Gasteiger partial charge in [-0.3, -0.25) is 0 Å². The Labute approximate surface area is 228 Å². The van der Waals surface area contributed by atoms with Crippen molar-refractivity contribution in [1.82, 2.24) is 0 Å². The molecule has 0 fully saturated rings. The Morgan fingerprint density at radius 2 is 1.29 bits per heavy atom. The zero-order chi connectivity index (χ0) is 28.5. The second kappa shape index (κ2) is 13.6. The van der Waals surface area contributed by atoms with Crippen LogP contribution in [-0.4, -0.2) is 16.9 Å². The Balaban J connectivity index is 0.00000161. The van der Waals surface area contributed by atoms with Gasteiger partial charge >= 0.3 is 6.15 Å². The summed E-state index contributed by atoms with van der Waals surface area (Å²) >= 11 is 0. The molecule has 0 unspecified atom stereocenters. The average molecular weight is 519 g/mol. The van der Waals surface area contributed by atoms with Crippen molar-refractivity contribution in [2.45, 2.75) is 98.0 Å². The van der Waals surface area contributed by atoms with E-state index >= 15 is 0 Å². The number of aryl methyl sites for hydroxylation is 4. The smallest absolute Gasteiger partial charge is 0.373 e. The monoisotopic (exact) mass is 518 g/mol. The summed E-state index contributed by atoms with van der Waals surface area (Å²) in [5.41, 5.74) is 8.49. The van der Waals surface area contributed by atoms with Gasteiger partial charge in [-0.25, -0.2) is 4.39 Å². The van der Waals surface area contributed by atoms with Crippen LogP contribution in [0.15, 0.2) is 54.6 Å². The number of benzene rings is 3. The van der Waals surface area contributed by atoms with Gasteiger partial charge in [0, 0.05) is 5.41 Å². The largest absolute Gasteiger partial charge is 0.390 e. The molecule has 0 saturated heterocycles. The molecule has 0 amide bonds. The van der Waals surface area contributed by atoms with Crippen molar-refractivity contribution in [3.63, 3.8) is 0 Å². The first-order chi connectivity index (χ1) is 18.0. The molecule has 3 nitrogen and oxygen atoms in total. The van der Waals surface area contributed by atoms with Crippen molar-refractivity contribution in [3.05, 3.63) is 93.8 Å². The molecule has 0 aliphatic heterocycles. The van der Waals surface area contributed by atoms with E-state index in [1.165, 1.54) is 27.8 Å². The van der Waals surface area contributed by atoms with E-state index in [9.17, 15) is 9.50 Å². The number of aliphatic hydroxyl groups is 1. The minimum absolute atomic E-state index is 0.0708. The molecule has 0 heterocycles. The van der Waals surface area contributed by atoms with Crippen LogP contribution in [0.5, 0.6) is 0 Å². The van der Waals surface area contributed by atoms with Gasteiger partial charge in [-0.05, 0) is 110 Å². The fourth-order valence-corrected chi connectivity index (χ4v) is 5.52. The summed E-state index contributed by atoms with van der Waals surface area (Å²) in [6.07, 6.45) is 5.54. The molecule has 0 bridgehead atoms. The van der Waals surface area contributed by atoms with E-state index in [0.29, 0.717) is 5.56 Å². The molecule has 0 aliphatic rings. The van der Waals surface area contributed by atoms with Gasteiger partial charge in [0.1, 0.15) is 5.82 Å². The lowest BCUT2D eigenvalue weighted by atomic mass is 9.69. The second-order valence-electron chi connectivity index (χ2n) is 10.4. The molecule has 0 spiro atoms. The maximum Gasteiger partial charge on any atom is 0.373 e. The first-order valence-corrected chi connectivity index (χ1v) is 13.7. The first-order valence-electron chi connectivity index (χ1n) is 13.7. The number of halogens is 1. The second-order valence-corrected chi connectivity index (χ2v) is 10.4. The summed E-state index contributed by atoms with van der Waals surface area (Å²) in [4.78, 5) is 16.2. The van der Waals surface area contributed by atoms with Crippen LogP contribution in [0, 0.1) is 26.6 Å². The fourth-order valence-electron chi connectivity index (χ4n) is 5.52. The Morgan fingerprint density at radius 1 is 0.737 bits per heavy atom. The van der Waals surface area contributed by atoms with Gasteiger partial charge in [-0.2, -0.15) is 9.59 Å². The van der Waals surface area contributed by atoms with E-state index < -0.39 is 5.60 Å². The Bertz CT molecular complexity index is 1250. The van der Waals surface area contributed by atoms with Gasteiger partial charge in [-0.1, -0.05) is 76.2 Å². The molecule has 204 valence electrons. The third-order valence-corrected chi connectivity index (χ3v) is 8.54. The van der Waals surface area contributed by atoms with Gasteiger partial charge < -0.3 is 5.11 Å². The normalized spacial score (nSPS) is 11.5. The number of hydrogen-bond donors (Lipinski definition) is 1. The Kier molecular flexibility index (Phi) is 11.2. The number of hydrogen-bond acceptors (Lipinski definition) is 3. The molecule has 0 aliphatic carbocycles. The highest BCUT2D eigenvalue weighted by Crippen LogP contribution is 2.41. The molecular weight excluding hydrogens is 475 g/mol. The van der Waals surface area contributed by atoms with Crippen LogP contribution in [-0.2, 0) is 21.4 Å². The topological polar surface area (TPSA) is 54.4 Å². The maximum absolute atomic E-state index is 14.2. The van der Waals surface area contributed by atoms with Crippen LogP contribution < -0.4 is 0 Å². The molecule has 38 heavy (non-hydrogen) atoms. The van der Waals surface area contributed by atoms with E-state index in [1.807, 2.05) is 12.1 Å². The maximum atomic E-state index is 14.2. The van der Waals surface area contributed by atoms with E-state index in [0.717, 1.165) is 49.7 Å². The molecule has 0 atom stereocenters. The van der Waals surface area contributed by atoms with Crippen LogP contribution in [0.25, 0.3) is 11.1 Å². The molecule has 1 N–H and O–H groups in total. The standard InChI is InChI=1S/C33H43FO.CO2/c1-8-32(35,9-2)19-18-26-14-15-28(20-24(26)6)33(10-3,11-4)29-16-17-30(25(7)21-29)27-13-12-23(5)31(34)22-27;2-1-3/h12-17,20-22,35H,8-11,18-19H2,1-7H3;. The van der Waals surface area contributed by atoms with Crippen LogP contribution in [0.4, 0.5) is 4.39 Å². The van der Waals surface area contributed by atoms with Gasteiger partial charge in [0.15, 0.2) is 0 Å². The van der Waals surface area contributed by atoms with Crippen LogP contribution in [0.1, 0.15) is 93.2 Å². The zero-order valence-electron chi connectivity index (χ0n) is 24.1. The van der Waals surface area contributed by atoms with Crippen molar-refractivity contribution in [3.8, 4) is 11.1 Å². The van der Waals surface area contributed by atoms with Crippen molar-refractivity contribution >= 4 is 6.15 Å². The lowest BCUT2D eigenvalue weighted by Crippen LogP contribution is -2.28. The quantitative estimate of drug-likeness (QED) is 0.293. The van der Waals surface area contributed by atoms with E-state index in [-0.39, 0.29) is 17.4 Å². The summed E-state index contributed by atoms with van der Waals surface area (Å²) < 4.78 is 14.2. The van der Waals surface area contributed by atoms with Gasteiger partial charge in [0.2, 0.25) is 0 Å². The Morgan fingerprint density at radius 3 is 1.76 bits per heavy atom. The molecular formula is C34H43FO3. The minimum Gasteiger partial charge on any atom is -0.390 e. The predicted molar refractivity (Wildman–Crippen MR) is 153 cm³/mol. The van der Waals surface area contributed by atoms with E-state index in [1.54, 1.807) is 13.0 Å². The molecule has 3 aromatic rings. The first kappa shape index (κ1) is 31.1. The summed E-state index contributed by atoms with van der Waals surface area (Å²) in [5, 5.41) is 10.7. The number of carbonyl (C=O) groups excluding carboxylic acids is 2. The van der Waals surface area contributed by atoms with Crippen molar-refractivity contribution in [1.29, 1.82) is 0 Å². The molecule has 3 rings (SSSR count). The zero-order valence-corrected chi connectivity index (χ0v) is 24.1. The summed E-state index contributed by atoms with van der Waals surface area (Å²) in [7, 11) is 0. The summed E-state index contributed by atoms with van der Waals surface area (Å²) in [6, 6.07) is 19.1. The molecule has 0 radical (unpaired) electrons. The van der Waals surface area contributed by atoms with E-state index in [2.05, 4.69) is 77.9 Å². The van der Waals surface area contributed by atoms with Gasteiger partial charge in [0.25, 0.3) is 0 Å². The highest BCUT2D eigenvalue weighted by atomic mass is 19.1. The van der Waals surface area contributed by atoms with Crippen LogP contribution >= 0.6 is 0 Å². The highest BCUT2D eigenvalue weighted by Gasteiger charge is 2.31. The summed E-state index contributed by atoms with van der Waals surface area (Å²) in [5.74, 6) is -0.158. The Hall–Kier alpha value is -3.07. The van der Waals surface area contributed by atoms with Crippen LogP contribution in [0.3, 0.4) is 0 Å². The lowest BCUT2D eigenvalue weighted by molar-refractivity contribution is -0.191. The minimum atomic E-state index is -0.568. The SMILES string of the molecule is CCC(O)(CC)CCc1ccc(C(CC)(CC)c2ccc(-c3ccc(C)c(F)c3)c(C)c2)cc1C.O=C=O. The molecule has 0 saturated carbocycles. The third-order valence-electron chi connectivity index (χ3n) is 8.54. The lowest BCUT2D eigenvalue weighted by Gasteiger charge is -2.34. The molecule has 3 aromatic carbocycles. The molecule has 0 aromatic heterocycles. The average Bonchev–Trinajstić information content (AvgIpc) is 2.91. The highest BCUT2D eigenvalue weighted by molar-refractivity contribution is 5.68. The van der Waals surface area contributed by atoms with Crippen molar-refractivity contribution in [2.75, 3.05) is 0 Å². The molecule has 4 heteroatoms.